The van der Waals surface area contributed by atoms with Crippen LogP contribution in [0.3, 0.4) is 0 Å². The molecular formula is C35H44N2O5. The number of ether oxygens (including phenoxy) is 2. The molecule has 7 heteroatoms. The second-order valence-corrected chi connectivity index (χ2v) is 11.4. The molecule has 2 N–H and O–H groups in total. The van der Waals surface area contributed by atoms with Crippen LogP contribution in [0.15, 0.2) is 66.7 Å². The van der Waals surface area contributed by atoms with Crippen LogP contribution < -0.4 is 14.8 Å². The Bertz CT molecular complexity index is 1330. The van der Waals surface area contributed by atoms with E-state index < -0.39 is 5.97 Å². The van der Waals surface area contributed by atoms with Crippen molar-refractivity contribution in [1.29, 1.82) is 0 Å². The first kappa shape index (κ1) is 31.1. The molecule has 1 fully saturated rings. The minimum absolute atomic E-state index is 0.0200. The lowest BCUT2D eigenvalue weighted by atomic mass is 9.86. The van der Waals surface area contributed by atoms with Crippen LogP contribution in [0.5, 0.6) is 11.5 Å². The first-order valence-corrected chi connectivity index (χ1v) is 15.0. The van der Waals surface area contributed by atoms with Gasteiger partial charge in [-0.3, -0.25) is 4.79 Å². The van der Waals surface area contributed by atoms with Crippen molar-refractivity contribution < 1.29 is 24.2 Å². The predicted octanol–water partition coefficient (Wildman–Crippen LogP) is 6.97. The maximum absolute atomic E-state index is 14.3. The quantitative estimate of drug-likeness (QED) is 0.230. The van der Waals surface area contributed by atoms with E-state index in [2.05, 4.69) is 43.4 Å². The number of benzene rings is 3. The minimum Gasteiger partial charge on any atom is -0.497 e. The zero-order chi connectivity index (χ0) is 30.1. The van der Waals surface area contributed by atoms with Crippen molar-refractivity contribution in [2.75, 3.05) is 20.3 Å². The Balaban J connectivity index is 1.75. The second kappa shape index (κ2) is 14.9. The third-order valence-corrected chi connectivity index (χ3v) is 7.88. The number of hydrogen-bond acceptors (Lipinski definition) is 5. The largest absolute Gasteiger partial charge is 0.497 e. The third kappa shape index (κ3) is 7.91. The average molecular weight is 573 g/mol. The van der Waals surface area contributed by atoms with Gasteiger partial charge >= 0.3 is 5.97 Å². The van der Waals surface area contributed by atoms with E-state index in [1.165, 1.54) is 30.0 Å². The fraction of sp³-hybridized carbons (Fsp3) is 0.429. The summed E-state index contributed by atoms with van der Waals surface area (Å²) in [6, 6.07) is 21.5. The molecule has 0 saturated carbocycles. The molecule has 224 valence electrons. The van der Waals surface area contributed by atoms with Crippen molar-refractivity contribution in [3.05, 3.63) is 94.5 Å². The number of nitrogens with one attached hydrogen (secondary N) is 1. The lowest BCUT2D eigenvalue weighted by Crippen LogP contribution is -2.37. The van der Waals surface area contributed by atoms with Gasteiger partial charge in [0.25, 0.3) is 0 Å². The number of amides is 1. The lowest BCUT2D eigenvalue weighted by molar-refractivity contribution is -0.134. The molecule has 0 spiro atoms. The van der Waals surface area contributed by atoms with E-state index in [1.807, 2.05) is 36.1 Å². The van der Waals surface area contributed by atoms with Gasteiger partial charge < -0.3 is 24.8 Å². The highest BCUT2D eigenvalue weighted by molar-refractivity contribution is 5.91. The summed E-state index contributed by atoms with van der Waals surface area (Å²) in [7, 11) is 1.64. The van der Waals surface area contributed by atoms with E-state index in [-0.39, 0.29) is 35.7 Å². The van der Waals surface area contributed by atoms with Crippen molar-refractivity contribution in [2.24, 2.45) is 5.92 Å². The molecule has 1 amide bonds. The van der Waals surface area contributed by atoms with E-state index in [4.69, 9.17) is 9.47 Å². The molecular weight excluding hydrogens is 528 g/mol. The van der Waals surface area contributed by atoms with E-state index in [0.29, 0.717) is 19.1 Å². The molecule has 1 unspecified atom stereocenters. The maximum atomic E-state index is 14.3. The van der Waals surface area contributed by atoms with Gasteiger partial charge in [0.15, 0.2) is 0 Å². The molecule has 0 aliphatic carbocycles. The molecule has 0 radical (unpaired) electrons. The van der Waals surface area contributed by atoms with E-state index in [1.54, 1.807) is 19.2 Å². The molecule has 7 nitrogen and oxygen atoms in total. The number of carbonyl (C=O) groups excluding carboxylic acids is 1. The number of methoxy groups -OCH3 is 1. The van der Waals surface area contributed by atoms with Gasteiger partial charge in [-0.25, -0.2) is 4.79 Å². The predicted molar refractivity (Wildman–Crippen MR) is 165 cm³/mol. The van der Waals surface area contributed by atoms with E-state index in [0.717, 1.165) is 36.3 Å². The molecule has 4 rings (SSSR count). The second-order valence-electron chi connectivity index (χ2n) is 11.4. The summed E-state index contributed by atoms with van der Waals surface area (Å²) in [5, 5.41) is 13.3. The van der Waals surface area contributed by atoms with Crippen LogP contribution in [0, 0.1) is 5.92 Å². The van der Waals surface area contributed by atoms with E-state index >= 15 is 0 Å². The summed E-state index contributed by atoms with van der Waals surface area (Å²) in [4.78, 5) is 28.1. The molecule has 2 atom stereocenters. The fourth-order valence-corrected chi connectivity index (χ4v) is 5.82. The summed E-state index contributed by atoms with van der Waals surface area (Å²) >= 11 is 0. The van der Waals surface area contributed by atoms with Gasteiger partial charge in [-0.1, -0.05) is 62.7 Å². The summed E-state index contributed by atoms with van der Waals surface area (Å²) in [6.45, 7) is 7.99. The van der Waals surface area contributed by atoms with Gasteiger partial charge in [0.05, 0.1) is 26.2 Å². The van der Waals surface area contributed by atoms with Gasteiger partial charge in [-0.15, -0.1) is 0 Å². The Morgan fingerprint density at radius 2 is 1.76 bits per heavy atom. The first-order valence-electron chi connectivity index (χ1n) is 15.0. The van der Waals surface area contributed by atoms with Crippen LogP contribution >= 0.6 is 0 Å². The molecule has 1 heterocycles. The van der Waals surface area contributed by atoms with Crippen molar-refractivity contribution in [2.45, 2.75) is 71.5 Å². The topological polar surface area (TPSA) is 88.1 Å². The Morgan fingerprint density at radius 1 is 1.02 bits per heavy atom. The average Bonchev–Trinajstić information content (AvgIpc) is 2.99. The normalized spacial score (nSPS) is 15.7. The van der Waals surface area contributed by atoms with Crippen molar-refractivity contribution in [3.8, 4) is 11.5 Å². The number of rotatable bonds is 13. The van der Waals surface area contributed by atoms with Gasteiger partial charge in [-0.2, -0.15) is 0 Å². The minimum atomic E-state index is -1.05. The molecule has 1 saturated heterocycles. The van der Waals surface area contributed by atoms with E-state index in [9.17, 15) is 14.7 Å². The van der Waals surface area contributed by atoms with Gasteiger partial charge in [0.1, 0.15) is 17.1 Å². The van der Waals surface area contributed by atoms with Crippen molar-refractivity contribution in [3.63, 3.8) is 0 Å². The molecule has 3 aromatic carbocycles. The van der Waals surface area contributed by atoms with Gasteiger partial charge in [0, 0.05) is 12.6 Å². The van der Waals surface area contributed by atoms with Crippen LogP contribution in [-0.2, 0) is 17.8 Å². The van der Waals surface area contributed by atoms with Gasteiger partial charge in [-0.05, 0) is 85.2 Å². The number of piperidine rings is 1. The first-order chi connectivity index (χ1) is 20.3. The number of nitrogens with zero attached hydrogens (tertiary/aromatic N) is 1. The highest BCUT2D eigenvalue weighted by Gasteiger charge is 2.30. The van der Waals surface area contributed by atoms with Crippen LogP contribution in [-0.4, -0.2) is 42.1 Å². The lowest BCUT2D eigenvalue weighted by Gasteiger charge is -2.37. The number of carboxylic acids is 1. The van der Waals surface area contributed by atoms with Crippen molar-refractivity contribution >= 4 is 11.9 Å². The zero-order valence-corrected chi connectivity index (χ0v) is 25.3. The molecule has 1 aliphatic rings. The summed E-state index contributed by atoms with van der Waals surface area (Å²) in [5.74, 6) is 0.333. The molecule has 1 aliphatic heterocycles. The number of carboxylic acid groups (broad SMARTS) is 1. The fourth-order valence-electron chi connectivity index (χ4n) is 5.82. The zero-order valence-electron chi connectivity index (χ0n) is 25.3. The van der Waals surface area contributed by atoms with Gasteiger partial charge in [0.2, 0.25) is 5.91 Å². The number of carbonyl (C=O) groups is 2. The monoisotopic (exact) mass is 572 g/mol. The number of aromatic carboxylic acids is 1. The van der Waals surface area contributed by atoms with Crippen LogP contribution in [0.25, 0.3) is 0 Å². The Hall–Kier alpha value is -3.84. The Morgan fingerprint density at radius 3 is 2.40 bits per heavy atom. The highest BCUT2D eigenvalue weighted by atomic mass is 16.5. The standard InChI is InChI=1S/C35H44N2O5/c1-5-42-33-21-26(15-18-30(33)35(39)40)22-34(38)37(23-25-13-16-27(41-4)17-14-25)32(20-24(2)3)29-11-7-6-10-28(29)31-12-8-9-19-36-31/h6-7,10-11,13-18,21,24,31-32,36H,5,8-9,12,19-20,22-23H2,1-4H3,(H,39,40)/t31?,32-/m0/s1. The van der Waals surface area contributed by atoms with Crippen LogP contribution in [0.2, 0.25) is 0 Å². The summed E-state index contributed by atoms with van der Waals surface area (Å²) < 4.78 is 11.0. The Labute approximate surface area is 249 Å². The highest BCUT2D eigenvalue weighted by Crippen LogP contribution is 2.37. The third-order valence-electron chi connectivity index (χ3n) is 7.88. The Kier molecular flexibility index (Phi) is 11.0. The van der Waals surface area contributed by atoms with Crippen LogP contribution in [0.4, 0.5) is 0 Å². The number of hydrogen-bond donors (Lipinski definition) is 2. The molecule has 3 aromatic rings. The SMILES string of the molecule is CCOc1cc(CC(=O)N(Cc2ccc(OC)cc2)[C@@H](CC(C)C)c2ccccc2C2CCCCN2)ccc1C(=O)O. The molecule has 0 aromatic heterocycles. The van der Waals surface area contributed by atoms with Crippen LogP contribution in [0.1, 0.15) is 91.1 Å². The molecule has 42 heavy (non-hydrogen) atoms. The molecule has 0 bridgehead atoms. The smallest absolute Gasteiger partial charge is 0.339 e. The summed E-state index contributed by atoms with van der Waals surface area (Å²) in [5.41, 5.74) is 4.28. The summed E-state index contributed by atoms with van der Waals surface area (Å²) in [6.07, 6.45) is 4.39. The van der Waals surface area contributed by atoms with Crippen molar-refractivity contribution in [1.82, 2.24) is 10.2 Å². The maximum Gasteiger partial charge on any atom is 0.339 e.